The molecule has 0 unspecified atom stereocenters. The summed E-state index contributed by atoms with van der Waals surface area (Å²) in [7, 11) is 3.03. The molecule has 0 heterocycles. The Morgan fingerprint density at radius 2 is 1.18 bits per heavy atom. The van der Waals surface area contributed by atoms with Crippen molar-refractivity contribution in [2.75, 3.05) is 14.2 Å². The van der Waals surface area contributed by atoms with Crippen molar-refractivity contribution in [3.63, 3.8) is 0 Å². The van der Waals surface area contributed by atoms with E-state index in [1.165, 1.54) is 23.6 Å². The van der Waals surface area contributed by atoms with Crippen LogP contribution in [0.15, 0.2) is 72.8 Å². The second kappa shape index (κ2) is 9.18. The Labute approximate surface area is 199 Å². The molecule has 0 N–H and O–H groups in total. The van der Waals surface area contributed by atoms with Crippen LogP contribution in [0.4, 0.5) is 0 Å². The first kappa shape index (κ1) is 21.4. The van der Waals surface area contributed by atoms with E-state index in [2.05, 4.69) is 47.9 Å². The minimum Gasteiger partial charge on any atom is -0.497 e. The van der Waals surface area contributed by atoms with E-state index in [4.69, 9.17) is 9.47 Å². The first-order valence-electron chi connectivity index (χ1n) is 11.1. The average molecular weight is 443 g/mol. The van der Waals surface area contributed by atoms with E-state index in [1.807, 2.05) is 36.4 Å². The number of methoxy groups -OCH3 is 2. The number of hydrogen-bond donors (Lipinski definition) is 0. The molecule has 0 amide bonds. The van der Waals surface area contributed by atoms with Gasteiger partial charge < -0.3 is 9.47 Å². The molecule has 0 atom stereocenters. The van der Waals surface area contributed by atoms with Gasteiger partial charge in [-0.2, -0.15) is 0 Å². The van der Waals surface area contributed by atoms with Crippen LogP contribution >= 0.6 is 0 Å². The van der Waals surface area contributed by atoms with Crippen molar-refractivity contribution in [1.82, 2.24) is 0 Å². The number of esters is 1. The van der Waals surface area contributed by atoms with Gasteiger partial charge in [0, 0.05) is 27.6 Å². The summed E-state index contributed by atoms with van der Waals surface area (Å²) >= 11 is 0. The summed E-state index contributed by atoms with van der Waals surface area (Å²) < 4.78 is 10.0. The molecule has 0 aromatic heterocycles. The first-order chi connectivity index (χ1) is 16.7. The number of hydrogen-bond acceptors (Lipinski definition) is 3. The smallest absolute Gasteiger partial charge is 0.337 e. The van der Waals surface area contributed by atoms with Crippen molar-refractivity contribution < 1.29 is 14.3 Å². The highest BCUT2D eigenvalue weighted by Crippen LogP contribution is 2.34. The zero-order valence-corrected chi connectivity index (χ0v) is 19.1. The molecule has 0 aliphatic heterocycles. The minimum atomic E-state index is -0.355. The van der Waals surface area contributed by atoms with Gasteiger partial charge in [0.1, 0.15) is 5.75 Å². The largest absolute Gasteiger partial charge is 0.497 e. The summed E-state index contributed by atoms with van der Waals surface area (Å²) in [6.45, 7) is 0. The molecule has 1 aliphatic rings. The summed E-state index contributed by atoms with van der Waals surface area (Å²) in [5.74, 6) is 13.7. The standard InChI is InChI=1S/C31H22O3/c1-33-28-19-7-22(8-20-28)4-10-24-14-16-26-18-17-25-15-13-23(29(24)30(25)26)9-3-21-5-11-27(12-6-21)31(32)34-2/h5-8,11-16,19-20H,17-18H2,1-2H3. The van der Waals surface area contributed by atoms with Crippen molar-refractivity contribution in [1.29, 1.82) is 0 Å². The van der Waals surface area contributed by atoms with Gasteiger partial charge in [-0.05, 0) is 90.0 Å². The molecule has 3 nitrogen and oxygen atoms in total. The average Bonchev–Trinajstić information content (AvgIpc) is 3.32. The normalized spacial score (nSPS) is 11.2. The van der Waals surface area contributed by atoms with E-state index in [0.29, 0.717) is 5.56 Å². The maximum atomic E-state index is 11.7. The van der Waals surface area contributed by atoms with Crippen molar-refractivity contribution in [3.8, 4) is 29.4 Å². The van der Waals surface area contributed by atoms with Crippen LogP contribution in [0.3, 0.4) is 0 Å². The Hall–Kier alpha value is -4.47. The molecule has 5 rings (SSSR count). The van der Waals surface area contributed by atoms with Gasteiger partial charge >= 0.3 is 5.97 Å². The Balaban J connectivity index is 1.57. The molecule has 0 bridgehead atoms. The van der Waals surface area contributed by atoms with Crippen LogP contribution < -0.4 is 4.74 Å². The molecule has 34 heavy (non-hydrogen) atoms. The molecule has 0 spiro atoms. The number of aryl methyl sites for hydroxylation is 2. The highest BCUT2D eigenvalue weighted by atomic mass is 16.5. The summed E-state index contributed by atoms with van der Waals surface area (Å²) in [5, 5.41) is 2.40. The summed E-state index contributed by atoms with van der Waals surface area (Å²) in [6, 6.07) is 23.5. The summed E-state index contributed by atoms with van der Waals surface area (Å²) in [4.78, 5) is 11.7. The Morgan fingerprint density at radius 1 is 0.647 bits per heavy atom. The zero-order chi connectivity index (χ0) is 23.5. The maximum Gasteiger partial charge on any atom is 0.337 e. The maximum absolute atomic E-state index is 11.7. The molecule has 164 valence electrons. The predicted molar refractivity (Wildman–Crippen MR) is 134 cm³/mol. The summed E-state index contributed by atoms with van der Waals surface area (Å²) in [5.41, 5.74) is 6.91. The number of carbonyl (C=O) groups is 1. The fraction of sp³-hybridized carbons (Fsp3) is 0.129. The van der Waals surface area contributed by atoms with Crippen LogP contribution in [0.25, 0.3) is 10.8 Å². The van der Waals surface area contributed by atoms with Crippen molar-refractivity contribution in [2.24, 2.45) is 0 Å². The van der Waals surface area contributed by atoms with E-state index in [1.54, 1.807) is 19.2 Å². The second-order valence-electron chi connectivity index (χ2n) is 8.09. The van der Waals surface area contributed by atoms with Crippen LogP contribution in [0.1, 0.15) is 43.7 Å². The predicted octanol–water partition coefficient (Wildman–Crippen LogP) is 5.53. The van der Waals surface area contributed by atoms with Gasteiger partial charge in [0.25, 0.3) is 0 Å². The van der Waals surface area contributed by atoms with Crippen LogP contribution in [-0.2, 0) is 17.6 Å². The van der Waals surface area contributed by atoms with Gasteiger partial charge in [-0.1, -0.05) is 35.8 Å². The third kappa shape index (κ3) is 4.13. The van der Waals surface area contributed by atoms with Crippen LogP contribution in [-0.4, -0.2) is 20.2 Å². The molecule has 0 radical (unpaired) electrons. The SMILES string of the molecule is COC(=O)c1ccc(C#Cc2ccc3c4c(ccc(C#Cc5ccc(OC)cc5)c24)CC3)cc1. The van der Waals surface area contributed by atoms with Gasteiger partial charge in [-0.25, -0.2) is 4.79 Å². The Kier molecular flexibility index (Phi) is 5.77. The van der Waals surface area contributed by atoms with Crippen molar-refractivity contribution >= 4 is 16.7 Å². The van der Waals surface area contributed by atoms with E-state index in [9.17, 15) is 4.79 Å². The second-order valence-corrected chi connectivity index (χ2v) is 8.09. The van der Waals surface area contributed by atoms with E-state index < -0.39 is 0 Å². The molecular formula is C31H22O3. The van der Waals surface area contributed by atoms with Gasteiger partial charge in [0.15, 0.2) is 0 Å². The molecular weight excluding hydrogens is 420 g/mol. The lowest BCUT2D eigenvalue weighted by Crippen LogP contribution is -2.00. The van der Waals surface area contributed by atoms with E-state index in [0.717, 1.165) is 46.2 Å². The number of carbonyl (C=O) groups excluding carboxylic acids is 1. The molecule has 0 fully saturated rings. The van der Waals surface area contributed by atoms with Crippen LogP contribution in [0, 0.1) is 23.7 Å². The van der Waals surface area contributed by atoms with Gasteiger partial charge in [-0.3, -0.25) is 0 Å². The Morgan fingerprint density at radius 3 is 1.68 bits per heavy atom. The quantitative estimate of drug-likeness (QED) is 0.302. The number of benzene rings is 4. The molecule has 4 aromatic rings. The topological polar surface area (TPSA) is 35.5 Å². The van der Waals surface area contributed by atoms with Crippen LogP contribution in [0.2, 0.25) is 0 Å². The van der Waals surface area contributed by atoms with Gasteiger partial charge in [0.05, 0.1) is 19.8 Å². The number of rotatable bonds is 2. The van der Waals surface area contributed by atoms with Crippen LogP contribution in [0.5, 0.6) is 5.75 Å². The van der Waals surface area contributed by atoms with Gasteiger partial charge in [-0.15, -0.1) is 0 Å². The van der Waals surface area contributed by atoms with Crippen molar-refractivity contribution in [3.05, 3.63) is 112 Å². The summed E-state index contributed by atoms with van der Waals surface area (Å²) in [6.07, 6.45) is 2.09. The Bertz CT molecular complexity index is 1510. The van der Waals surface area contributed by atoms with Gasteiger partial charge in [0.2, 0.25) is 0 Å². The lowest BCUT2D eigenvalue weighted by Gasteiger charge is -2.07. The minimum absolute atomic E-state index is 0.355. The lowest BCUT2D eigenvalue weighted by atomic mass is 9.95. The zero-order valence-electron chi connectivity index (χ0n) is 19.1. The third-order valence-electron chi connectivity index (χ3n) is 6.08. The molecule has 1 aliphatic carbocycles. The molecule has 0 saturated heterocycles. The molecule has 0 saturated carbocycles. The fourth-order valence-electron chi connectivity index (χ4n) is 4.30. The molecule has 4 aromatic carbocycles. The third-order valence-corrected chi connectivity index (χ3v) is 6.08. The highest BCUT2D eigenvalue weighted by Gasteiger charge is 2.17. The highest BCUT2D eigenvalue weighted by molar-refractivity contribution is 5.99. The fourth-order valence-corrected chi connectivity index (χ4v) is 4.30. The van der Waals surface area contributed by atoms with Crippen molar-refractivity contribution in [2.45, 2.75) is 12.8 Å². The lowest BCUT2D eigenvalue weighted by molar-refractivity contribution is 0.0600. The monoisotopic (exact) mass is 442 g/mol. The van der Waals surface area contributed by atoms with E-state index in [-0.39, 0.29) is 5.97 Å². The van der Waals surface area contributed by atoms with E-state index >= 15 is 0 Å². The molecule has 3 heteroatoms. The first-order valence-corrected chi connectivity index (χ1v) is 11.1. The number of ether oxygens (including phenoxy) is 2.